The number of hydrogen-bond acceptors (Lipinski definition) is 2. The van der Waals surface area contributed by atoms with E-state index in [0.29, 0.717) is 0 Å². The van der Waals surface area contributed by atoms with E-state index in [1.54, 1.807) is 0 Å². The summed E-state index contributed by atoms with van der Waals surface area (Å²) in [7, 11) is -5.94. The van der Waals surface area contributed by atoms with Crippen LogP contribution in [0.15, 0.2) is 0 Å². The molecule has 0 bridgehead atoms. The molecule has 0 aliphatic carbocycles. The minimum Gasteiger partial charge on any atom is -0.303 e. The molecule has 2 N–H and O–H groups in total. The molecule has 0 radical (unpaired) electrons. The van der Waals surface area contributed by atoms with Crippen LogP contribution in [0.5, 0.6) is 0 Å². The van der Waals surface area contributed by atoms with Gasteiger partial charge in [-0.2, -0.15) is 22.0 Å². The fourth-order valence-electron chi connectivity index (χ4n) is 0.400. The lowest BCUT2D eigenvalue weighted by atomic mass is 10.1. The van der Waals surface area contributed by atoms with E-state index in [0.717, 1.165) is 0 Å². The van der Waals surface area contributed by atoms with Crippen LogP contribution in [0.3, 0.4) is 0 Å². The second-order valence-corrected chi connectivity index (χ2v) is 3.76. The molecule has 1 atom stereocenters. The molecule has 0 saturated carbocycles. The first-order valence-electron chi connectivity index (χ1n) is 3.10. The van der Waals surface area contributed by atoms with Gasteiger partial charge < -0.3 is 9.79 Å². The summed E-state index contributed by atoms with van der Waals surface area (Å²) in [4.78, 5) is 15.7. The van der Waals surface area contributed by atoms with Gasteiger partial charge in [-0.05, 0) is 6.92 Å². The van der Waals surface area contributed by atoms with Crippen molar-refractivity contribution in [2.24, 2.45) is 0 Å². The number of alkyl halides is 6. The van der Waals surface area contributed by atoms with Crippen LogP contribution in [0.2, 0.25) is 0 Å². The van der Waals surface area contributed by atoms with Crippen molar-refractivity contribution in [1.82, 2.24) is 0 Å². The minimum atomic E-state index is -6.04. The van der Waals surface area contributed by atoms with E-state index in [1.165, 1.54) is 0 Å². The van der Waals surface area contributed by atoms with Crippen LogP contribution < -0.4 is 0 Å². The van der Waals surface area contributed by atoms with Crippen LogP contribution in [0.4, 0.5) is 26.3 Å². The summed E-state index contributed by atoms with van der Waals surface area (Å²) in [6.45, 7) is -0.595. The zero-order valence-electron chi connectivity index (χ0n) is 6.93. The van der Waals surface area contributed by atoms with Gasteiger partial charge >= 0.3 is 20.1 Å². The molecule has 15 heavy (non-hydrogen) atoms. The van der Waals surface area contributed by atoms with Crippen LogP contribution in [-0.2, 0) is 9.09 Å². The van der Waals surface area contributed by atoms with Crippen LogP contribution in [0, 0.1) is 0 Å². The highest BCUT2D eigenvalue weighted by Gasteiger charge is 2.71. The molecule has 11 heteroatoms. The smallest absolute Gasteiger partial charge is 0.303 e. The molecule has 0 fully saturated rings. The first-order valence-corrected chi connectivity index (χ1v) is 4.63. The summed E-state index contributed by atoms with van der Waals surface area (Å²) >= 11 is 0. The van der Waals surface area contributed by atoms with Crippen LogP contribution >= 0.6 is 7.82 Å². The van der Waals surface area contributed by atoms with Crippen molar-refractivity contribution in [2.45, 2.75) is 24.9 Å². The lowest BCUT2D eigenvalue weighted by Gasteiger charge is -2.30. The quantitative estimate of drug-likeness (QED) is 0.602. The van der Waals surface area contributed by atoms with Crippen molar-refractivity contribution in [3.63, 3.8) is 0 Å². The standard InChI is InChI=1S/C4H5F6O4P/c1-2(5,3(6,7)8)4(9,10)14-15(11,12)13/h1H3,(H2,11,12,13). The highest BCUT2D eigenvalue weighted by Crippen LogP contribution is 2.52. The van der Waals surface area contributed by atoms with Crippen molar-refractivity contribution in [3.8, 4) is 0 Å². The summed E-state index contributed by atoms with van der Waals surface area (Å²) in [5.41, 5.74) is -5.21. The monoisotopic (exact) mass is 262 g/mol. The molecule has 0 saturated heterocycles. The Balaban J connectivity index is 5.12. The molecule has 0 aromatic carbocycles. The predicted octanol–water partition coefficient (Wildman–Crippen LogP) is 1.98. The molecule has 4 nitrogen and oxygen atoms in total. The molecule has 0 rings (SSSR count). The summed E-state index contributed by atoms with van der Waals surface area (Å²) < 4.78 is 84.8. The maximum absolute atomic E-state index is 12.6. The van der Waals surface area contributed by atoms with Gasteiger partial charge in [-0.25, -0.2) is 13.5 Å². The number of rotatable bonds is 3. The fraction of sp³-hybridized carbons (Fsp3) is 1.00. The highest BCUT2D eigenvalue weighted by molar-refractivity contribution is 7.46. The van der Waals surface area contributed by atoms with Gasteiger partial charge in [-0.3, -0.25) is 0 Å². The summed E-state index contributed by atoms with van der Waals surface area (Å²) in [6, 6.07) is 0. The van der Waals surface area contributed by atoms with Gasteiger partial charge in [0, 0.05) is 0 Å². The van der Waals surface area contributed by atoms with E-state index in [1.807, 2.05) is 0 Å². The van der Waals surface area contributed by atoms with E-state index in [2.05, 4.69) is 4.52 Å². The molecular weight excluding hydrogens is 257 g/mol. The molecule has 92 valence electrons. The summed E-state index contributed by atoms with van der Waals surface area (Å²) in [5.74, 6) is 0. The molecule has 0 amide bonds. The molecule has 0 aliphatic heterocycles. The Morgan fingerprint density at radius 1 is 1.07 bits per heavy atom. The fourth-order valence-corrected chi connectivity index (χ4v) is 0.870. The number of halogens is 6. The topological polar surface area (TPSA) is 66.8 Å². The van der Waals surface area contributed by atoms with Crippen molar-refractivity contribution in [1.29, 1.82) is 0 Å². The normalized spacial score (nSPS) is 18.7. The van der Waals surface area contributed by atoms with E-state index in [4.69, 9.17) is 9.79 Å². The van der Waals surface area contributed by atoms with E-state index >= 15 is 0 Å². The first-order chi connectivity index (χ1) is 6.21. The number of phosphoric ester groups is 1. The largest absolute Gasteiger partial charge is 0.474 e. The van der Waals surface area contributed by atoms with Crippen LogP contribution in [0.1, 0.15) is 6.92 Å². The zero-order valence-corrected chi connectivity index (χ0v) is 7.82. The molecule has 1 unspecified atom stereocenters. The lowest BCUT2D eigenvalue weighted by molar-refractivity contribution is -0.354. The zero-order chi connectivity index (χ0) is 12.7. The Hall–Kier alpha value is -0.310. The second kappa shape index (κ2) is 3.62. The highest BCUT2D eigenvalue weighted by atomic mass is 31.2. The van der Waals surface area contributed by atoms with E-state index in [9.17, 15) is 30.9 Å². The molecule has 0 spiro atoms. The van der Waals surface area contributed by atoms with Gasteiger partial charge in [-0.1, -0.05) is 0 Å². The van der Waals surface area contributed by atoms with Crippen LogP contribution in [0.25, 0.3) is 0 Å². The maximum atomic E-state index is 12.6. The van der Waals surface area contributed by atoms with Gasteiger partial charge in [0.05, 0.1) is 0 Å². The van der Waals surface area contributed by atoms with Gasteiger partial charge in [-0.15, -0.1) is 0 Å². The summed E-state index contributed by atoms with van der Waals surface area (Å²) in [5, 5.41) is 0. The minimum absolute atomic E-state index is 0.595. The second-order valence-electron chi connectivity index (χ2n) is 2.60. The Morgan fingerprint density at radius 3 is 1.60 bits per heavy atom. The third kappa shape index (κ3) is 3.33. The Morgan fingerprint density at radius 2 is 1.40 bits per heavy atom. The Kier molecular flexibility index (Phi) is 3.54. The Labute approximate surface area is 79.1 Å². The van der Waals surface area contributed by atoms with Gasteiger partial charge in [0.2, 0.25) is 0 Å². The van der Waals surface area contributed by atoms with Gasteiger partial charge in [0.1, 0.15) is 0 Å². The predicted molar refractivity (Wildman–Crippen MR) is 33.6 cm³/mol. The van der Waals surface area contributed by atoms with E-state index in [-0.39, 0.29) is 0 Å². The van der Waals surface area contributed by atoms with Crippen molar-refractivity contribution in [3.05, 3.63) is 0 Å². The van der Waals surface area contributed by atoms with Gasteiger partial charge in [0.25, 0.3) is 5.67 Å². The van der Waals surface area contributed by atoms with Crippen LogP contribution in [-0.4, -0.2) is 27.7 Å². The molecular formula is C4H5F6O4P. The van der Waals surface area contributed by atoms with Crippen molar-refractivity contribution in [2.75, 3.05) is 0 Å². The molecule has 0 aliphatic rings. The number of hydrogen-bond donors (Lipinski definition) is 2. The van der Waals surface area contributed by atoms with Crippen molar-refractivity contribution >= 4 is 7.82 Å². The van der Waals surface area contributed by atoms with E-state index < -0.39 is 32.7 Å². The van der Waals surface area contributed by atoms with Crippen molar-refractivity contribution < 1.29 is 45.2 Å². The molecule has 0 aromatic heterocycles. The third-order valence-corrected chi connectivity index (χ3v) is 1.78. The third-order valence-electron chi connectivity index (χ3n) is 1.31. The first kappa shape index (κ1) is 14.7. The number of phosphoric acid groups is 1. The SMILES string of the molecule is CC(F)(C(F)(F)F)C(F)(F)OP(=O)(O)O. The average molecular weight is 262 g/mol. The lowest BCUT2D eigenvalue weighted by Crippen LogP contribution is -2.53. The maximum Gasteiger partial charge on any atom is 0.474 e. The van der Waals surface area contributed by atoms with Gasteiger partial charge in [0.15, 0.2) is 0 Å². The average Bonchev–Trinajstić information content (AvgIpc) is 1.77. The molecule has 0 heterocycles. The molecule has 0 aromatic rings. The Bertz CT molecular complexity index is 279. The summed E-state index contributed by atoms with van der Waals surface area (Å²) in [6.07, 6.45) is -11.7.